The Hall–Kier alpha value is -2.92. The van der Waals surface area contributed by atoms with Gasteiger partial charge in [-0.2, -0.15) is 0 Å². The molecule has 1 amide bonds. The zero-order chi connectivity index (χ0) is 19.7. The Labute approximate surface area is 168 Å². The average Bonchev–Trinajstić information content (AvgIpc) is 3.25. The molecule has 0 radical (unpaired) electrons. The number of aryl methyl sites for hydroxylation is 4. The van der Waals surface area contributed by atoms with Gasteiger partial charge in [-0.1, -0.05) is 30.3 Å². The zero-order valence-electron chi connectivity index (χ0n) is 16.3. The van der Waals surface area contributed by atoms with Gasteiger partial charge in [-0.3, -0.25) is 4.79 Å². The molecule has 28 heavy (non-hydrogen) atoms. The first-order valence-electron chi connectivity index (χ1n) is 9.40. The van der Waals surface area contributed by atoms with E-state index in [-0.39, 0.29) is 5.91 Å². The number of anilines is 1. The molecular weight excluding hydrogens is 366 g/mol. The summed E-state index contributed by atoms with van der Waals surface area (Å²) in [6, 6.07) is 16.6. The second kappa shape index (κ2) is 7.60. The number of amides is 1. The predicted octanol–water partition coefficient (Wildman–Crippen LogP) is 5.72. The number of thiazole rings is 1. The summed E-state index contributed by atoms with van der Waals surface area (Å²) in [6.45, 7) is 6.90. The highest BCUT2D eigenvalue weighted by molar-refractivity contribution is 7.16. The Morgan fingerprint density at radius 1 is 1.07 bits per heavy atom. The van der Waals surface area contributed by atoms with Crippen molar-refractivity contribution in [2.75, 3.05) is 5.32 Å². The molecule has 0 unspecified atom stereocenters. The van der Waals surface area contributed by atoms with Gasteiger partial charge in [-0.15, -0.1) is 11.3 Å². The first-order valence-corrected chi connectivity index (χ1v) is 10.2. The van der Waals surface area contributed by atoms with Crippen LogP contribution in [0.15, 0.2) is 54.7 Å². The molecule has 0 aliphatic carbocycles. The van der Waals surface area contributed by atoms with Gasteiger partial charge in [0.15, 0.2) is 5.13 Å². The Kier molecular flexibility index (Phi) is 5.01. The van der Waals surface area contributed by atoms with Gasteiger partial charge in [0.05, 0.1) is 5.69 Å². The Morgan fingerprint density at radius 3 is 2.71 bits per heavy atom. The van der Waals surface area contributed by atoms with Crippen LogP contribution in [-0.2, 0) is 11.3 Å². The maximum atomic E-state index is 12.4. The third-order valence-corrected chi connectivity index (χ3v) is 5.97. The molecule has 0 fully saturated rings. The summed E-state index contributed by atoms with van der Waals surface area (Å²) in [7, 11) is 0. The van der Waals surface area contributed by atoms with E-state index in [0.29, 0.717) is 18.1 Å². The number of rotatable bonds is 5. The van der Waals surface area contributed by atoms with Crippen LogP contribution in [0.5, 0.6) is 0 Å². The molecule has 2 aromatic heterocycles. The molecule has 0 bridgehead atoms. The van der Waals surface area contributed by atoms with E-state index in [9.17, 15) is 4.79 Å². The van der Waals surface area contributed by atoms with Crippen molar-refractivity contribution in [1.29, 1.82) is 0 Å². The molecule has 2 heterocycles. The van der Waals surface area contributed by atoms with Crippen molar-refractivity contribution in [1.82, 2.24) is 9.55 Å². The number of aromatic nitrogens is 2. The molecule has 0 spiro atoms. The molecule has 0 saturated heterocycles. The number of carbonyl (C=O) groups excluding carboxylic acids is 1. The summed E-state index contributed by atoms with van der Waals surface area (Å²) in [5.74, 6) is -0.0156. The molecular formula is C23H23N3OS. The van der Waals surface area contributed by atoms with Crippen LogP contribution in [0.25, 0.3) is 22.2 Å². The largest absolute Gasteiger partial charge is 0.347 e. The number of hydrogen-bond acceptors (Lipinski definition) is 3. The fraction of sp³-hybridized carbons (Fsp3) is 0.217. The quantitative estimate of drug-likeness (QED) is 0.474. The van der Waals surface area contributed by atoms with E-state index < -0.39 is 0 Å². The minimum absolute atomic E-state index is 0.0156. The van der Waals surface area contributed by atoms with Crippen LogP contribution in [0, 0.1) is 20.8 Å². The molecule has 4 rings (SSSR count). The van der Waals surface area contributed by atoms with Crippen molar-refractivity contribution in [3.05, 3.63) is 70.7 Å². The predicted molar refractivity (Wildman–Crippen MR) is 117 cm³/mol. The van der Waals surface area contributed by atoms with Crippen molar-refractivity contribution >= 4 is 33.3 Å². The minimum atomic E-state index is -0.0156. The minimum Gasteiger partial charge on any atom is -0.347 e. The third kappa shape index (κ3) is 3.71. The lowest BCUT2D eigenvalue weighted by atomic mass is 10.0. The van der Waals surface area contributed by atoms with Crippen LogP contribution in [0.1, 0.15) is 22.4 Å². The van der Waals surface area contributed by atoms with Crippen molar-refractivity contribution < 1.29 is 4.79 Å². The first kappa shape index (κ1) is 18.4. The molecule has 0 saturated carbocycles. The summed E-state index contributed by atoms with van der Waals surface area (Å²) in [5, 5.41) is 4.82. The highest BCUT2D eigenvalue weighted by atomic mass is 32.1. The number of nitrogens with zero attached hydrogens (tertiary/aromatic N) is 2. The van der Waals surface area contributed by atoms with Crippen LogP contribution < -0.4 is 5.32 Å². The number of fused-ring (bicyclic) bond motifs is 1. The number of nitrogens with one attached hydrogen (secondary N) is 1. The highest BCUT2D eigenvalue weighted by Gasteiger charge is 2.13. The Morgan fingerprint density at radius 2 is 1.89 bits per heavy atom. The lowest BCUT2D eigenvalue weighted by Gasteiger charge is -2.05. The maximum Gasteiger partial charge on any atom is 0.227 e. The normalized spacial score (nSPS) is 11.1. The lowest BCUT2D eigenvalue weighted by Crippen LogP contribution is -2.14. The number of para-hydroxylation sites is 1. The van der Waals surface area contributed by atoms with Gasteiger partial charge in [-0.05, 0) is 55.5 Å². The maximum absolute atomic E-state index is 12.4. The van der Waals surface area contributed by atoms with Gasteiger partial charge < -0.3 is 9.88 Å². The van der Waals surface area contributed by atoms with E-state index >= 15 is 0 Å². The van der Waals surface area contributed by atoms with Crippen LogP contribution in [0.2, 0.25) is 0 Å². The number of hydrogen-bond donors (Lipinski definition) is 1. The Bertz CT molecular complexity index is 1160. The van der Waals surface area contributed by atoms with E-state index in [1.54, 1.807) is 0 Å². The summed E-state index contributed by atoms with van der Waals surface area (Å²) in [5.41, 5.74) is 5.70. The van der Waals surface area contributed by atoms with Crippen LogP contribution in [0.3, 0.4) is 0 Å². The van der Waals surface area contributed by atoms with E-state index in [4.69, 9.17) is 0 Å². The van der Waals surface area contributed by atoms with E-state index in [0.717, 1.165) is 21.7 Å². The molecule has 1 N–H and O–H groups in total. The van der Waals surface area contributed by atoms with Crippen molar-refractivity contribution in [3.63, 3.8) is 0 Å². The standard InChI is InChI=1S/C23H23N3OS/c1-15-8-9-19(14-16(15)2)22-17(3)28-23(25-22)24-21(27)11-13-26-12-10-18-6-4-5-7-20(18)26/h4-10,12,14H,11,13H2,1-3H3,(H,24,25,27). The summed E-state index contributed by atoms with van der Waals surface area (Å²) in [4.78, 5) is 18.2. The fourth-order valence-corrected chi connectivity index (χ4v) is 4.20. The van der Waals surface area contributed by atoms with E-state index in [1.807, 2.05) is 25.3 Å². The monoisotopic (exact) mass is 389 g/mol. The van der Waals surface area contributed by atoms with Crippen LogP contribution in [0.4, 0.5) is 5.13 Å². The van der Waals surface area contributed by atoms with Gasteiger partial charge in [0.2, 0.25) is 5.91 Å². The molecule has 4 nitrogen and oxygen atoms in total. The summed E-state index contributed by atoms with van der Waals surface area (Å²) in [6.07, 6.45) is 2.44. The summed E-state index contributed by atoms with van der Waals surface area (Å²) >= 11 is 1.52. The second-order valence-electron chi connectivity index (χ2n) is 7.09. The molecule has 0 aliphatic heterocycles. The van der Waals surface area contributed by atoms with Crippen LogP contribution >= 0.6 is 11.3 Å². The fourth-order valence-electron chi connectivity index (χ4n) is 3.35. The highest BCUT2D eigenvalue weighted by Crippen LogP contribution is 2.31. The van der Waals surface area contributed by atoms with Crippen LogP contribution in [-0.4, -0.2) is 15.5 Å². The smallest absolute Gasteiger partial charge is 0.227 e. The molecule has 0 aliphatic rings. The average molecular weight is 390 g/mol. The lowest BCUT2D eigenvalue weighted by molar-refractivity contribution is -0.116. The third-order valence-electron chi connectivity index (χ3n) is 5.08. The van der Waals surface area contributed by atoms with Gasteiger partial charge in [0, 0.05) is 35.1 Å². The molecule has 142 valence electrons. The molecule has 5 heteroatoms. The summed E-state index contributed by atoms with van der Waals surface area (Å²) < 4.78 is 2.11. The first-order chi connectivity index (χ1) is 13.5. The SMILES string of the molecule is Cc1ccc(-c2nc(NC(=O)CCn3ccc4ccccc43)sc2C)cc1C. The van der Waals surface area contributed by atoms with Crippen molar-refractivity contribution in [2.24, 2.45) is 0 Å². The topological polar surface area (TPSA) is 46.9 Å². The molecule has 0 atom stereocenters. The Balaban J connectivity index is 1.44. The van der Waals surface area contributed by atoms with Crippen molar-refractivity contribution in [3.8, 4) is 11.3 Å². The molecule has 2 aromatic carbocycles. The van der Waals surface area contributed by atoms with Gasteiger partial charge in [0.25, 0.3) is 0 Å². The molecule has 4 aromatic rings. The van der Waals surface area contributed by atoms with Crippen molar-refractivity contribution in [2.45, 2.75) is 33.7 Å². The number of carbonyl (C=O) groups is 1. The zero-order valence-corrected chi connectivity index (χ0v) is 17.1. The van der Waals surface area contributed by atoms with E-state index in [2.05, 4.69) is 65.1 Å². The second-order valence-corrected chi connectivity index (χ2v) is 8.29. The number of benzene rings is 2. The van der Waals surface area contributed by atoms with Gasteiger partial charge in [0.1, 0.15) is 0 Å². The van der Waals surface area contributed by atoms with E-state index in [1.165, 1.54) is 27.8 Å². The van der Waals surface area contributed by atoms with Gasteiger partial charge >= 0.3 is 0 Å². The van der Waals surface area contributed by atoms with Gasteiger partial charge in [-0.25, -0.2) is 4.98 Å².